The Bertz CT molecular complexity index is 1610. The highest BCUT2D eigenvalue weighted by Crippen LogP contribution is 2.33. The van der Waals surface area contributed by atoms with Crippen LogP contribution in [0.25, 0.3) is 55.8 Å². The first-order valence-corrected chi connectivity index (χ1v) is 10.2. The summed E-state index contributed by atoms with van der Waals surface area (Å²) in [5, 5.41) is 8.29. The third-order valence-corrected chi connectivity index (χ3v) is 5.67. The molecule has 154 valence electrons. The van der Waals surface area contributed by atoms with Crippen LogP contribution >= 0.6 is 0 Å². The lowest BCUT2D eigenvalue weighted by atomic mass is 10.0. The molecule has 0 bridgehead atoms. The molecule has 0 amide bonds. The lowest BCUT2D eigenvalue weighted by molar-refractivity contribution is 0.631. The fourth-order valence-corrected chi connectivity index (χ4v) is 4.04. The highest BCUT2D eigenvalue weighted by molar-refractivity contribution is 5.97. The number of benzene rings is 2. The molecule has 32 heavy (non-hydrogen) atoms. The van der Waals surface area contributed by atoms with Gasteiger partial charge in [-0.3, -0.25) is 10.1 Å². The van der Waals surface area contributed by atoms with Crippen molar-refractivity contribution in [2.75, 3.05) is 0 Å². The van der Waals surface area contributed by atoms with Gasteiger partial charge in [-0.25, -0.2) is 14.4 Å². The van der Waals surface area contributed by atoms with Gasteiger partial charge < -0.3 is 4.98 Å². The third-order valence-electron chi connectivity index (χ3n) is 5.67. The van der Waals surface area contributed by atoms with Gasteiger partial charge in [-0.2, -0.15) is 5.10 Å². The summed E-state index contributed by atoms with van der Waals surface area (Å²) >= 11 is 0. The Hall–Kier alpha value is -4.39. The maximum absolute atomic E-state index is 14.5. The van der Waals surface area contributed by atoms with Crippen LogP contribution in [0.15, 0.2) is 73.2 Å². The van der Waals surface area contributed by atoms with E-state index in [9.17, 15) is 4.39 Å². The number of H-pyrrole nitrogens is 2. The number of halogens is 1. The average Bonchev–Trinajstić information content (AvgIpc) is 3.43. The minimum atomic E-state index is -0.282. The number of para-hydroxylation sites is 1. The van der Waals surface area contributed by atoms with Crippen molar-refractivity contribution in [1.29, 1.82) is 0 Å². The maximum atomic E-state index is 14.5. The first kappa shape index (κ1) is 18.4. The molecule has 0 aliphatic carbocycles. The van der Waals surface area contributed by atoms with Crippen molar-refractivity contribution in [3.8, 4) is 33.8 Å². The average molecular weight is 420 g/mol. The predicted molar refractivity (Wildman–Crippen MR) is 122 cm³/mol. The highest BCUT2D eigenvalue weighted by Gasteiger charge is 2.17. The number of imidazole rings is 1. The van der Waals surface area contributed by atoms with Gasteiger partial charge >= 0.3 is 0 Å². The van der Waals surface area contributed by atoms with Gasteiger partial charge in [0, 0.05) is 40.8 Å². The van der Waals surface area contributed by atoms with Gasteiger partial charge in [-0.15, -0.1) is 0 Å². The summed E-state index contributed by atoms with van der Waals surface area (Å²) < 4.78 is 14.5. The summed E-state index contributed by atoms with van der Waals surface area (Å²) in [6.07, 6.45) is 5.42. The molecule has 0 saturated heterocycles. The van der Waals surface area contributed by atoms with E-state index in [-0.39, 0.29) is 5.82 Å². The Balaban J connectivity index is 1.53. The fourth-order valence-electron chi connectivity index (χ4n) is 4.04. The van der Waals surface area contributed by atoms with Crippen LogP contribution in [0, 0.1) is 12.7 Å². The summed E-state index contributed by atoms with van der Waals surface area (Å²) in [5.41, 5.74) is 7.15. The van der Waals surface area contributed by atoms with E-state index in [0.717, 1.165) is 33.2 Å². The molecule has 6 nitrogen and oxygen atoms in total. The molecule has 4 aromatic heterocycles. The number of rotatable bonds is 3. The Morgan fingerprint density at radius 3 is 2.66 bits per heavy atom. The second-order valence-electron chi connectivity index (χ2n) is 7.65. The van der Waals surface area contributed by atoms with Crippen LogP contribution < -0.4 is 0 Å². The summed E-state index contributed by atoms with van der Waals surface area (Å²) in [7, 11) is 0. The fraction of sp³-hybridized carbons (Fsp3) is 0.0400. The number of pyridine rings is 2. The van der Waals surface area contributed by atoms with Crippen LogP contribution in [0.2, 0.25) is 0 Å². The van der Waals surface area contributed by atoms with Crippen LogP contribution in [-0.2, 0) is 0 Å². The first-order valence-electron chi connectivity index (χ1n) is 10.2. The molecule has 0 atom stereocenters. The third kappa shape index (κ3) is 2.86. The topological polar surface area (TPSA) is 83.1 Å². The Labute approximate surface area is 182 Å². The predicted octanol–water partition coefficient (Wildman–Crippen LogP) is 5.68. The summed E-state index contributed by atoms with van der Waals surface area (Å²) in [6.45, 7) is 2.04. The van der Waals surface area contributed by atoms with Gasteiger partial charge in [0.2, 0.25) is 0 Å². The van der Waals surface area contributed by atoms with E-state index in [4.69, 9.17) is 4.98 Å². The molecular formula is C25H17FN6. The van der Waals surface area contributed by atoms with Crippen molar-refractivity contribution >= 4 is 22.1 Å². The minimum Gasteiger partial charge on any atom is -0.337 e. The lowest BCUT2D eigenvalue weighted by Gasteiger charge is -2.04. The number of nitrogens with one attached hydrogen (secondary N) is 2. The number of aromatic amines is 2. The summed E-state index contributed by atoms with van der Waals surface area (Å²) in [5.74, 6) is 0.312. The molecule has 0 unspecified atom stereocenters. The van der Waals surface area contributed by atoms with Crippen LogP contribution in [-0.4, -0.2) is 30.1 Å². The molecule has 0 saturated carbocycles. The van der Waals surface area contributed by atoms with Crippen LogP contribution in [0.1, 0.15) is 5.56 Å². The van der Waals surface area contributed by atoms with Crippen molar-refractivity contribution in [1.82, 2.24) is 30.1 Å². The van der Waals surface area contributed by atoms with Crippen molar-refractivity contribution in [3.63, 3.8) is 0 Å². The Kier molecular flexibility index (Phi) is 4.07. The van der Waals surface area contributed by atoms with Crippen molar-refractivity contribution in [2.45, 2.75) is 6.92 Å². The monoisotopic (exact) mass is 420 g/mol. The van der Waals surface area contributed by atoms with Gasteiger partial charge in [0.25, 0.3) is 0 Å². The highest BCUT2D eigenvalue weighted by atomic mass is 19.1. The van der Waals surface area contributed by atoms with E-state index in [1.54, 1.807) is 18.3 Å². The molecule has 6 aromatic rings. The number of aromatic nitrogens is 6. The normalized spacial score (nSPS) is 11.4. The Morgan fingerprint density at radius 1 is 0.906 bits per heavy atom. The smallest absolute Gasteiger partial charge is 0.159 e. The van der Waals surface area contributed by atoms with Crippen molar-refractivity contribution in [3.05, 3.63) is 84.6 Å². The quantitative estimate of drug-likeness (QED) is 0.386. The molecule has 2 aromatic carbocycles. The molecule has 6 rings (SSSR count). The van der Waals surface area contributed by atoms with Gasteiger partial charge in [-0.1, -0.05) is 30.3 Å². The number of hydrogen-bond donors (Lipinski definition) is 2. The zero-order valence-corrected chi connectivity index (χ0v) is 17.1. The molecule has 0 radical (unpaired) electrons. The van der Waals surface area contributed by atoms with E-state index in [1.807, 2.05) is 55.7 Å². The Morgan fingerprint density at radius 2 is 1.78 bits per heavy atom. The largest absolute Gasteiger partial charge is 0.337 e. The first-order chi connectivity index (χ1) is 15.7. The number of fused-ring (bicyclic) bond motifs is 2. The second-order valence-corrected chi connectivity index (χ2v) is 7.65. The van der Waals surface area contributed by atoms with Gasteiger partial charge in [-0.05, 0) is 36.8 Å². The van der Waals surface area contributed by atoms with E-state index in [0.29, 0.717) is 28.2 Å². The molecule has 0 spiro atoms. The molecule has 0 aliphatic rings. The van der Waals surface area contributed by atoms with Crippen LogP contribution in [0.4, 0.5) is 4.39 Å². The molecular weight excluding hydrogens is 403 g/mol. The summed E-state index contributed by atoms with van der Waals surface area (Å²) in [6, 6.07) is 16.4. The van der Waals surface area contributed by atoms with E-state index in [1.165, 1.54) is 6.07 Å². The summed E-state index contributed by atoms with van der Waals surface area (Å²) in [4.78, 5) is 16.9. The maximum Gasteiger partial charge on any atom is 0.159 e. The zero-order chi connectivity index (χ0) is 21.7. The van der Waals surface area contributed by atoms with Crippen LogP contribution in [0.3, 0.4) is 0 Å². The second kappa shape index (κ2) is 7.09. The number of nitrogens with zero attached hydrogens (tertiary/aromatic N) is 4. The van der Waals surface area contributed by atoms with Crippen molar-refractivity contribution in [2.24, 2.45) is 0 Å². The SMILES string of the molecule is Cc1ccncc1-c1cnc2[nH]nc(-c3nc4c(-c5ccccc5F)cccc4[nH]3)c2c1. The molecule has 7 heteroatoms. The molecule has 2 N–H and O–H groups in total. The van der Waals surface area contributed by atoms with E-state index < -0.39 is 0 Å². The lowest BCUT2D eigenvalue weighted by Crippen LogP contribution is -1.87. The standard InChI is InChI=1S/C25H17FN6/c1-14-9-10-27-13-19(14)15-11-18-23(31-32-24(18)28-12-15)25-29-21-8-4-6-17(22(21)30-25)16-5-2-3-7-20(16)26/h2-13H,1H3,(H,29,30)(H,28,31,32). The molecule has 0 aliphatic heterocycles. The van der Waals surface area contributed by atoms with E-state index in [2.05, 4.69) is 25.1 Å². The molecule has 4 heterocycles. The van der Waals surface area contributed by atoms with Gasteiger partial charge in [0.05, 0.1) is 16.4 Å². The minimum absolute atomic E-state index is 0.282. The van der Waals surface area contributed by atoms with Crippen molar-refractivity contribution < 1.29 is 4.39 Å². The van der Waals surface area contributed by atoms with Gasteiger partial charge in [0.1, 0.15) is 11.5 Å². The van der Waals surface area contributed by atoms with Gasteiger partial charge in [0.15, 0.2) is 11.5 Å². The number of aryl methyl sites for hydroxylation is 1. The zero-order valence-electron chi connectivity index (χ0n) is 17.1. The molecule has 0 fully saturated rings. The van der Waals surface area contributed by atoms with Crippen LogP contribution in [0.5, 0.6) is 0 Å². The van der Waals surface area contributed by atoms with E-state index >= 15 is 0 Å². The number of hydrogen-bond acceptors (Lipinski definition) is 4.